The number of ether oxygens (including phenoxy) is 2. The molecule has 2 aromatic carbocycles. The van der Waals surface area contributed by atoms with E-state index >= 15 is 0 Å². The first-order valence-electron chi connectivity index (χ1n) is 8.67. The molecule has 2 N–H and O–H groups in total. The minimum absolute atomic E-state index is 0.0968. The van der Waals surface area contributed by atoms with Crippen molar-refractivity contribution in [2.75, 3.05) is 19.5 Å². The van der Waals surface area contributed by atoms with Crippen LogP contribution in [0.15, 0.2) is 59.4 Å². The third-order valence-electron chi connectivity index (χ3n) is 4.28. The minimum Gasteiger partial charge on any atom is -0.493 e. The Kier molecular flexibility index (Phi) is 4.70. The second-order valence-corrected chi connectivity index (χ2v) is 6.08. The maximum atomic E-state index is 12.6. The van der Waals surface area contributed by atoms with E-state index in [4.69, 9.17) is 9.47 Å². The fraction of sp³-hybridized carbons (Fsp3) is 0.100. The molecule has 0 aliphatic rings. The molecule has 29 heavy (non-hydrogen) atoms. The first-order valence-corrected chi connectivity index (χ1v) is 8.67. The molecule has 0 atom stereocenters. The summed E-state index contributed by atoms with van der Waals surface area (Å²) in [5.74, 6) is 0.757. The van der Waals surface area contributed by atoms with Gasteiger partial charge in [-0.1, -0.05) is 30.3 Å². The van der Waals surface area contributed by atoms with E-state index in [0.717, 1.165) is 10.1 Å². The number of benzene rings is 2. The van der Waals surface area contributed by atoms with Gasteiger partial charge in [-0.2, -0.15) is 9.50 Å². The highest BCUT2D eigenvalue weighted by Crippen LogP contribution is 2.27. The summed E-state index contributed by atoms with van der Waals surface area (Å²) in [6.45, 7) is 0. The number of hydrogen-bond donors (Lipinski definition) is 2. The van der Waals surface area contributed by atoms with Gasteiger partial charge in [0.15, 0.2) is 11.5 Å². The maximum absolute atomic E-state index is 12.6. The zero-order valence-corrected chi connectivity index (χ0v) is 15.7. The van der Waals surface area contributed by atoms with Gasteiger partial charge in [0, 0.05) is 17.2 Å². The van der Waals surface area contributed by atoms with Crippen molar-refractivity contribution in [1.29, 1.82) is 0 Å². The highest BCUT2D eigenvalue weighted by molar-refractivity contribution is 6.03. The Labute approximate surface area is 164 Å². The summed E-state index contributed by atoms with van der Waals surface area (Å²) in [5.41, 5.74) is 1.30. The number of carbonyl (C=O) groups is 1. The Morgan fingerprint density at radius 3 is 2.48 bits per heavy atom. The lowest BCUT2D eigenvalue weighted by atomic mass is 10.1. The molecule has 4 aromatic rings. The summed E-state index contributed by atoms with van der Waals surface area (Å²) in [5, 5.41) is 5.36. The number of fused-ring (bicyclic) bond motifs is 1. The monoisotopic (exact) mass is 391 g/mol. The number of amides is 1. The second kappa shape index (κ2) is 7.47. The smallest absolute Gasteiger partial charge is 0.274 e. The molecule has 1 amide bonds. The van der Waals surface area contributed by atoms with Crippen molar-refractivity contribution in [1.82, 2.24) is 19.6 Å². The Hall–Kier alpha value is -4.14. The van der Waals surface area contributed by atoms with Crippen LogP contribution < -0.4 is 20.3 Å². The topological polar surface area (TPSA) is 111 Å². The molecule has 0 aliphatic heterocycles. The van der Waals surface area contributed by atoms with Crippen molar-refractivity contribution in [3.8, 4) is 22.8 Å². The molecule has 0 unspecified atom stereocenters. The molecule has 0 fully saturated rings. The number of anilines is 1. The summed E-state index contributed by atoms with van der Waals surface area (Å²) in [7, 11) is 3.00. The van der Waals surface area contributed by atoms with Gasteiger partial charge in [-0.3, -0.25) is 20.0 Å². The van der Waals surface area contributed by atoms with Crippen LogP contribution in [0.2, 0.25) is 0 Å². The van der Waals surface area contributed by atoms with Crippen molar-refractivity contribution in [3.05, 3.63) is 70.5 Å². The Bertz CT molecular complexity index is 1250. The van der Waals surface area contributed by atoms with Gasteiger partial charge in [0.25, 0.3) is 17.2 Å². The van der Waals surface area contributed by atoms with E-state index in [1.165, 1.54) is 20.3 Å². The standard InChI is InChI=1S/C20H17N5O4/c1-28-15-9-8-13(10-16(15)29-2)18(27)22-19-23-20-21-14(11-17(26)25(20)24-19)12-6-4-3-5-7-12/h3-11H,1-2H3,(H2,21,22,23,24,27). The number of methoxy groups -OCH3 is 2. The average Bonchev–Trinajstić information content (AvgIpc) is 3.16. The highest BCUT2D eigenvalue weighted by atomic mass is 16.5. The quantitative estimate of drug-likeness (QED) is 0.540. The molecule has 0 saturated carbocycles. The number of hydrogen-bond acceptors (Lipinski definition) is 6. The van der Waals surface area contributed by atoms with E-state index in [1.54, 1.807) is 18.2 Å². The van der Waals surface area contributed by atoms with Crippen LogP contribution in [0.3, 0.4) is 0 Å². The van der Waals surface area contributed by atoms with E-state index in [2.05, 4.69) is 20.4 Å². The van der Waals surface area contributed by atoms with Gasteiger partial charge < -0.3 is 9.47 Å². The van der Waals surface area contributed by atoms with Crippen LogP contribution in [-0.2, 0) is 0 Å². The normalized spacial score (nSPS) is 10.7. The van der Waals surface area contributed by atoms with Gasteiger partial charge in [-0.25, -0.2) is 4.98 Å². The fourth-order valence-electron chi connectivity index (χ4n) is 2.85. The molecule has 2 heterocycles. The van der Waals surface area contributed by atoms with E-state index < -0.39 is 5.91 Å². The molecule has 9 heteroatoms. The van der Waals surface area contributed by atoms with Gasteiger partial charge in [-0.05, 0) is 18.2 Å². The Morgan fingerprint density at radius 2 is 1.76 bits per heavy atom. The van der Waals surface area contributed by atoms with Crippen molar-refractivity contribution in [3.63, 3.8) is 0 Å². The van der Waals surface area contributed by atoms with Gasteiger partial charge >= 0.3 is 0 Å². The van der Waals surface area contributed by atoms with Crippen LogP contribution in [0, 0.1) is 0 Å². The van der Waals surface area contributed by atoms with Crippen LogP contribution in [0.5, 0.6) is 11.5 Å². The third-order valence-corrected chi connectivity index (χ3v) is 4.28. The van der Waals surface area contributed by atoms with Gasteiger partial charge in [-0.15, -0.1) is 0 Å². The molecule has 146 valence electrons. The lowest BCUT2D eigenvalue weighted by Crippen LogP contribution is -2.16. The van der Waals surface area contributed by atoms with Gasteiger partial charge in [0.05, 0.1) is 19.9 Å². The first kappa shape index (κ1) is 18.2. The number of aromatic amines is 1. The van der Waals surface area contributed by atoms with Crippen LogP contribution in [0.25, 0.3) is 17.0 Å². The van der Waals surface area contributed by atoms with E-state index in [1.807, 2.05) is 30.3 Å². The number of H-pyrrole nitrogens is 1. The van der Waals surface area contributed by atoms with Gasteiger partial charge in [0.1, 0.15) is 0 Å². The third kappa shape index (κ3) is 3.53. The van der Waals surface area contributed by atoms with Gasteiger partial charge in [0.2, 0.25) is 5.95 Å². The highest BCUT2D eigenvalue weighted by Gasteiger charge is 2.14. The van der Waals surface area contributed by atoms with E-state index in [-0.39, 0.29) is 17.3 Å². The number of nitrogens with one attached hydrogen (secondary N) is 2. The van der Waals surface area contributed by atoms with Crippen LogP contribution in [-0.4, -0.2) is 39.7 Å². The zero-order chi connectivity index (χ0) is 20.4. The first-order chi connectivity index (χ1) is 14.1. The van der Waals surface area contributed by atoms with Crippen molar-refractivity contribution < 1.29 is 14.3 Å². The lowest BCUT2D eigenvalue weighted by Gasteiger charge is -2.09. The fourth-order valence-corrected chi connectivity index (χ4v) is 2.85. The van der Waals surface area contributed by atoms with Crippen LogP contribution in [0.4, 0.5) is 5.95 Å². The lowest BCUT2D eigenvalue weighted by molar-refractivity contribution is 0.102. The average molecular weight is 391 g/mol. The minimum atomic E-state index is -0.429. The van der Waals surface area contributed by atoms with Crippen LogP contribution >= 0.6 is 0 Å². The zero-order valence-electron chi connectivity index (χ0n) is 15.7. The Morgan fingerprint density at radius 1 is 1.00 bits per heavy atom. The molecule has 2 aromatic heterocycles. The Balaban J connectivity index is 1.64. The molecule has 0 saturated heterocycles. The molecule has 9 nitrogen and oxygen atoms in total. The summed E-state index contributed by atoms with van der Waals surface area (Å²) >= 11 is 0. The largest absolute Gasteiger partial charge is 0.493 e. The van der Waals surface area contributed by atoms with Crippen LogP contribution in [0.1, 0.15) is 10.4 Å². The van der Waals surface area contributed by atoms with Crippen molar-refractivity contribution in [2.45, 2.75) is 0 Å². The van der Waals surface area contributed by atoms with Crippen molar-refractivity contribution in [2.24, 2.45) is 0 Å². The van der Waals surface area contributed by atoms with E-state index in [9.17, 15) is 9.59 Å². The molecule has 0 bridgehead atoms. The number of aromatic nitrogens is 4. The number of rotatable bonds is 5. The van der Waals surface area contributed by atoms with Crippen molar-refractivity contribution >= 4 is 17.6 Å². The summed E-state index contributed by atoms with van der Waals surface area (Å²) in [4.78, 5) is 33.6. The molecular weight excluding hydrogens is 374 g/mol. The summed E-state index contributed by atoms with van der Waals surface area (Å²) in [6.07, 6.45) is 0. The SMILES string of the molecule is COc1ccc(C(=O)Nc2nc3nc(-c4ccccc4)cc(=O)n3[nH]2)cc1OC. The predicted molar refractivity (Wildman–Crippen MR) is 107 cm³/mol. The number of nitrogens with zero attached hydrogens (tertiary/aromatic N) is 3. The summed E-state index contributed by atoms with van der Waals surface area (Å²) in [6, 6.07) is 15.5. The maximum Gasteiger partial charge on any atom is 0.274 e. The molecular formula is C20H17N5O4. The summed E-state index contributed by atoms with van der Waals surface area (Å²) < 4.78 is 11.5. The molecule has 0 spiro atoms. The predicted octanol–water partition coefficient (Wildman–Crippen LogP) is 2.35. The molecule has 4 rings (SSSR count). The molecule has 0 aliphatic carbocycles. The van der Waals surface area contributed by atoms with E-state index in [0.29, 0.717) is 22.8 Å². The molecule has 0 radical (unpaired) electrons. The second-order valence-electron chi connectivity index (χ2n) is 6.08. The number of carbonyl (C=O) groups excluding carboxylic acids is 1.